The second kappa shape index (κ2) is 12.2. The molecule has 5 rings (SSSR count). The predicted octanol–water partition coefficient (Wildman–Crippen LogP) is 6.68. The number of aromatic nitrogens is 6. The zero-order valence-corrected chi connectivity index (χ0v) is 23.2. The number of esters is 1. The number of thiophene rings is 1. The number of tetrazole rings is 1. The lowest BCUT2D eigenvalue weighted by Gasteiger charge is -2.11. The molecule has 202 valence electrons. The summed E-state index contributed by atoms with van der Waals surface area (Å²) >= 11 is 7.29. The van der Waals surface area contributed by atoms with E-state index in [0.29, 0.717) is 23.0 Å². The maximum Gasteiger partial charge on any atom is 0.351 e. The van der Waals surface area contributed by atoms with Gasteiger partial charge in [-0.3, -0.25) is 0 Å². The summed E-state index contributed by atoms with van der Waals surface area (Å²) in [7, 11) is 1.23. The van der Waals surface area contributed by atoms with Crippen LogP contribution in [0.5, 0.6) is 0 Å². The van der Waals surface area contributed by atoms with Crippen LogP contribution >= 0.6 is 22.9 Å². The van der Waals surface area contributed by atoms with Crippen molar-refractivity contribution in [3.63, 3.8) is 0 Å². The van der Waals surface area contributed by atoms with Crippen molar-refractivity contribution in [2.45, 2.75) is 19.3 Å². The van der Waals surface area contributed by atoms with Crippen LogP contribution in [0.2, 0.25) is 5.02 Å². The maximum absolute atomic E-state index is 14.9. The van der Waals surface area contributed by atoms with Crippen LogP contribution in [0, 0.1) is 5.82 Å². The van der Waals surface area contributed by atoms with Crippen molar-refractivity contribution in [1.29, 1.82) is 0 Å². The van der Waals surface area contributed by atoms with Gasteiger partial charge in [-0.2, -0.15) is 4.68 Å². The molecule has 1 unspecified atom stereocenters. The number of carbonyl (C=O) groups excluding carboxylic acids is 1. The van der Waals surface area contributed by atoms with Crippen LogP contribution in [-0.2, 0) is 11.2 Å². The van der Waals surface area contributed by atoms with Crippen LogP contribution in [0.3, 0.4) is 0 Å². The highest BCUT2D eigenvalue weighted by molar-refractivity contribution is 7.12. The molecule has 0 fully saturated rings. The Morgan fingerprint density at radius 1 is 1.25 bits per heavy atom. The van der Waals surface area contributed by atoms with Gasteiger partial charge in [0.2, 0.25) is 0 Å². The number of rotatable bonds is 9. The van der Waals surface area contributed by atoms with Crippen molar-refractivity contribution < 1.29 is 13.9 Å². The third-order valence-electron chi connectivity index (χ3n) is 6.29. The van der Waals surface area contributed by atoms with E-state index in [-0.39, 0.29) is 16.4 Å². The average Bonchev–Trinajstić information content (AvgIpc) is 3.74. The molecular formula is C29H24ClFN6O2S. The van der Waals surface area contributed by atoms with Crippen molar-refractivity contribution >= 4 is 34.5 Å². The molecule has 1 N–H and O–H groups in total. The first-order valence-corrected chi connectivity index (χ1v) is 13.5. The molecule has 1 atom stereocenters. The molecule has 3 heterocycles. The first-order chi connectivity index (χ1) is 19.4. The lowest BCUT2D eigenvalue weighted by molar-refractivity contribution is 0.0601. The van der Waals surface area contributed by atoms with Gasteiger partial charge in [0.1, 0.15) is 17.0 Å². The third-order valence-corrected chi connectivity index (χ3v) is 7.46. The lowest BCUT2D eigenvalue weighted by atomic mass is 9.97. The molecule has 0 aliphatic rings. The molecule has 0 amide bonds. The quantitative estimate of drug-likeness (QED) is 0.156. The molecular weight excluding hydrogens is 551 g/mol. The lowest BCUT2D eigenvalue weighted by Crippen LogP contribution is -2.03. The van der Waals surface area contributed by atoms with E-state index in [9.17, 15) is 9.18 Å². The smallest absolute Gasteiger partial charge is 0.351 e. The van der Waals surface area contributed by atoms with E-state index >= 15 is 0 Å². The molecule has 0 bridgehead atoms. The minimum Gasteiger partial charge on any atom is -0.465 e. The number of nitrogens with zero attached hydrogens (tertiary/aromatic N) is 5. The molecule has 0 aliphatic carbocycles. The van der Waals surface area contributed by atoms with Crippen molar-refractivity contribution in [2.75, 3.05) is 7.11 Å². The van der Waals surface area contributed by atoms with Crippen molar-refractivity contribution in [2.24, 2.45) is 0 Å². The highest BCUT2D eigenvalue weighted by Crippen LogP contribution is 2.32. The molecule has 0 aliphatic heterocycles. The van der Waals surface area contributed by atoms with Crippen LogP contribution in [0.15, 0.2) is 84.7 Å². The summed E-state index contributed by atoms with van der Waals surface area (Å²) in [4.78, 5) is 19.7. The number of benzene rings is 2. The number of aromatic amines is 1. The van der Waals surface area contributed by atoms with Crippen LogP contribution in [-0.4, -0.2) is 43.3 Å². The monoisotopic (exact) mass is 574 g/mol. The fourth-order valence-corrected chi connectivity index (χ4v) is 5.28. The van der Waals surface area contributed by atoms with E-state index in [2.05, 4.69) is 37.4 Å². The number of nitrogens with one attached hydrogen (secondary N) is 1. The molecule has 0 saturated heterocycles. The molecule has 5 aromatic rings. The molecule has 0 spiro atoms. The van der Waals surface area contributed by atoms with E-state index < -0.39 is 11.8 Å². The molecule has 11 heteroatoms. The Bertz CT molecular complexity index is 1680. The van der Waals surface area contributed by atoms with Gasteiger partial charge in [0.05, 0.1) is 18.5 Å². The van der Waals surface area contributed by atoms with Crippen molar-refractivity contribution in [3.05, 3.63) is 117 Å². The molecule has 2 aromatic carbocycles. The zero-order valence-electron chi connectivity index (χ0n) is 21.6. The number of allylic oxidation sites excluding steroid dienone is 4. The summed E-state index contributed by atoms with van der Waals surface area (Å²) in [5, 5.41) is 13.6. The van der Waals surface area contributed by atoms with Crippen molar-refractivity contribution in [3.8, 4) is 16.9 Å². The van der Waals surface area contributed by atoms with Crippen LogP contribution in [0.4, 0.5) is 4.39 Å². The summed E-state index contributed by atoms with van der Waals surface area (Å²) in [5.41, 5.74) is 4.44. The third kappa shape index (κ3) is 5.93. The summed E-state index contributed by atoms with van der Waals surface area (Å²) in [6, 6.07) is 15.6. The van der Waals surface area contributed by atoms with Gasteiger partial charge < -0.3 is 9.72 Å². The fraction of sp³-hybridized carbons (Fsp3) is 0.138. The van der Waals surface area contributed by atoms with Gasteiger partial charge in [-0.25, -0.2) is 14.2 Å². The fourth-order valence-electron chi connectivity index (χ4n) is 4.25. The highest BCUT2D eigenvalue weighted by Gasteiger charge is 2.22. The molecule has 0 saturated carbocycles. The summed E-state index contributed by atoms with van der Waals surface area (Å²) in [5.74, 6) is -0.813. The minimum atomic E-state index is -0.709. The number of methoxy groups -OCH3 is 1. The standard InChI is InChI=1S/C29H24ClFN6O2S/c1-18(22-14-21(30)11-12-25(22)37-17-33-35-36-37)7-6-10-20(13-19-8-4-3-5-9-19)28-32-15-24(34-28)23-16-40-27(26(23)31)29(38)39-2/h3-12,14-17,20H,13H2,1-2H3,(H,32,34)/b10-6+,18-7+. The first-order valence-electron chi connectivity index (χ1n) is 12.3. The SMILES string of the molecule is COC(=O)c1scc(-c2c[nH]c(C(/C=C/C=C(\C)c3cc(Cl)ccc3-n3cnnn3)Cc3ccccc3)n2)c1F. The van der Waals surface area contributed by atoms with E-state index in [1.54, 1.807) is 22.3 Å². The molecule has 3 aromatic heterocycles. The zero-order chi connectivity index (χ0) is 28.1. The summed E-state index contributed by atoms with van der Waals surface area (Å²) in [6.07, 6.45) is 9.86. The normalized spacial score (nSPS) is 12.7. The van der Waals surface area contributed by atoms with Gasteiger partial charge in [0, 0.05) is 33.6 Å². The summed E-state index contributed by atoms with van der Waals surface area (Å²) < 4.78 is 21.2. The largest absolute Gasteiger partial charge is 0.465 e. The number of hydrogen-bond donors (Lipinski definition) is 1. The number of halogens is 2. The van der Waals surface area contributed by atoms with Gasteiger partial charge >= 0.3 is 5.97 Å². The number of H-pyrrole nitrogens is 1. The Hall–Kier alpha value is -4.41. The Morgan fingerprint density at radius 3 is 2.83 bits per heavy atom. The number of ether oxygens (including phenoxy) is 1. The topological polar surface area (TPSA) is 98.6 Å². The van der Waals surface area contributed by atoms with Gasteiger partial charge in [-0.15, -0.1) is 16.4 Å². The van der Waals surface area contributed by atoms with E-state index in [4.69, 9.17) is 16.6 Å². The Balaban J connectivity index is 1.45. The second-order valence-corrected chi connectivity index (χ2v) is 10.2. The Morgan fingerprint density at radius 2 is 2.08 bits per heavy atom. The van der Waals surface area contributed by atoms with E-state index in [1.165, 1.54) is 13.4 Å². The average molecular weight is 575 g/mol. The second-order valence-electron chi connectivity index (χ2n) is 8.90. The van der Waals surface area contributed by atoms with E-state index in [1.807, 2.05) is 55.5 Å². The van der Waals surface area contributed by atoms with Crippen molar-refractivity contribution in [1.82, 2.24) is 30.2 Å². The predicted molar refractivity (Wildman–Crippen MR) is 153 cm³/mol. The van der Waals surface area contributed by atoms with Crippen LogP contribution < -0.4 is 0 Å². The molecule has 0 radical (unpaired) electrons. The maximum atomic E-state index is 14.9. The minimum absolute atomic E-state index is 0.0783. The van der Waals surface area contributed by atoms with Gasteiger partial charge in [0.25, 0.3) is 0 Å². The van der Waals surface area contributed by atoms with Crippen LogP contribution in [0.1, 0.15) is 39.5 Å². The Kier molecular flexibility index (Phi) is 8.28. The number of imidazole rings is 1. The van der Waals surface area contributed by atoms with Gasteiger partial charge in [-0.05, 0) is 53.1 Å². The molecule has 8 nitrogen and oxygen atoms in total. The highest BCUT2D eigenvalue weighted by atomic mass is 35.5. The van der Waals surface area contributed by atoms with Gasteiger partial charge in [0.15, 0.2) is 5.82 Å². The van der Waals surface area contributed by atoms with Crippen LogP contribution in [0.25, 0.3) is 22.5 Å². The van der Waals surface area contributed by atoms with E-state index in [0.717, 1.165) is 33.7 Å². The number of hydrogen-bond acceptors (Lipinski definition) is 7. The molecule has 40 heavy (non-hydrogen) atoms. The first kappa shape index (κ1) is 27.2. The number of carbonyl (C=O) groups is 1. The van der Waals surface area contributed by atoms with Gasteiger partial charge in [-0.1, -0.05) is 60.2 Å². The summed E-state index contributed by atoms with van der Waals surface area (Å²) in [6.45, 7) is 1.99. The Labute approximate surface area is 238 Å².